The van der Waals surface area contributed by atoms with Gasteiger partial charge in [0.25, 0.3) is 0 Å². The van der Waals surface area contributed by atoms with Gasteiger partial charge in [-0.25, -0.2) is 0 Å². The fourth-order valence-corrected chi connectivity index (χ4v) is 7.02. The van der Waals surface area contributed by atoms with Crippen molar-refractivity contribution < 1.29 is 22.0 Å². The maximum absolute atomic E-state index is 13.9. The van der Waals surface area contributed by atoms with Crippen LogP contribution in [0.1, 0.15) is 93.2 Å². The lowest BCUT2D eigenvalue weighted by molar-refractivity contribution is -0.0760. The summed E-state index contributed by atoms with van der Waals surface area (Å²) in [7, 11) is 0. The van der Waals surface area contributed by atoms with Crippen LogP contribution in [0.4, 0.5) is 0 Å². The highest BCUT2D eigenvalue weighted by atomic mass is 32.2. The van der Waals surface area contributed by atoms with E-state index in [0.717, 1.165) is 0 Å². The molecule has 0 aliphatic heterocycles. The van der Waals surface area contributed by atoms with Crippen molar-refractivity contribution in [2.75, 3.05) is 0 Å². The molecule has 4 rings (SSSR count). The van der Waals surface area contributed by atoms with Crippen molar-refractivity contribution in [1.82, 2.24) is 0 Å². The molecule has 44 heavy (non-hydrogen) atoms. The van der Waals surface area contributed by atoms with Crippen LogP contribution in [0.2, 0.25) is 0 Å². The van der Waals surface area contributed by atoms with Gasteiger partial charge in [-0.2, -0.15) is 4.21 Å². The summed E-state index contributed by atoms with van der Waals surface area (Å²) in [5.74, 6) is 1.41. The van der Waals surface area contributed by atoms with Gasteiger partial charge in [0.1, 0.15) is 22.7 Å². The lowest BCUT2D eigenvalue weighted by atomic mass is 9.78. The molecule has 0 radical (unpaired) electrons. The van der Waals surface area contributed by atoms with Crippen LogP contribution in [0.5, 0.6) is 11.5 Å². The first kappa shape index (κ1) is 34.0. The van der Waals surface area contributed by atoms with Gasteiger partial charge in [0.05, 0.1) is 0 Å². The molecular weight excluding hydrogens is 568 g/mol. The van der Waals surface area contributed by atoms with Gasteiger partial charge in [-0.1, -0.05) is 104 Å². The minimum absolute atomic E-state index is 0.0342. The molecule has 2 aliphatic carbocycles. The van der Waals surface area contributed by atoms with Crippen molar-refractivity contribution in [3.63, 3.8) is 0 Å². The Kier molecular flexibility index (Phi) is 9.61. The van der Waals surface area contributed by atoms with Crippen molar-refractivity contribution in [3.05, 3.63) is 108 Å². The second kappa shape index (κ2) is 12.5. The molecule has 0 heterocycles. The number of rotatable bonds is 10. The molecule has 0 saturated carbocycles. The van der Waals surface area contributed by atoms with Crippen LogP contribution in [-0.2, 0) is 30.6 Å². The van der Waals surface area contributed by atoms with E-state index in [-0.39, 0.29) is 10.8 Å². The Hall–Kier alpha value is -2.93. The summed E-state index contributed by atoms with van der Waals surface area (Å²) in [6, 6.07) is 16.3. The van der Waals surface area contributed by atoms with Crippen molar-refractivity contribution in [2.45, 2.75) is 115 Å². The highest BCUT2D eigenvalue weighted by Gasteiger charge is 2.54. The van der Waals surface area contributed by atoms with Crippen LogP contribution in [0.25, 0.3) is 0 Å². The molecular formula is C38H50O5S. The Morgan fingerprint density at radius 2 is 0.886 bits per heavy atom. The third-order valence-corrected chi connectivity index (χ3v) is 9.91. The first-order valence-electron chi connectivity index (χ1n) is 15.6. The van der Waals surface area contributed by atoms with Gasteiger partial charge in [-0.3, -0.25) is 8.37 Å². The normalized spacial score (nSPS) is 29.0. The maximum Gasteiger partial charge on any atom is 0.306 e. The Morgan fingerprint density at radius 3 is 1.18 bits per heavy atom. The molecule has 2 aromatic carbocycles. The quantitative estimate of drug-likeness (QED) is 0.266. The van der Waals surface area contributed by atoms with E-state index in [0.29, 0.717) is 24.3 Å². The highest BCUT2D eigenvalue weighted by Crippen LogP contribution is 2.44. The van der Waals surface area contributed by atoms with Crippen molar-refractivity contribution in [1.29, 1.82) is 0 Å². The van der Waals surface area contributed by atoms with Crippen LogP contribution >= 0.6 is 0 Å². The number of allylic oxidation sites excluding steroid dienone is 4. The van der Waals surface area contributed by atoms with Crippen molar-refractivity contribution in [3.8, 4) is 11.5 Å². The van der Waals surface area contributed by atoms with E-state index in [1.165, 1.54) is 11.1 Å². The van der Waals surface area contributed by atoms with E-state index in [1.54, 1.807) is 0 Å². The zero-order chi connectivity index (χ0) is 32.4. The number of hydrogen-bond donors (Lipinski definition) is 0. The van der Waals surface area contributed by atoms with E-state index >= 15 is 0 Å². The number of benzene rings is 2. The van der Waals surface area contributed by atoms with E-state index in [2.05, 4.69) is 65.8 Å². The van der Waals surface area contributed by atoms with Crippen molar-refractivity contribution >= 4 is 11.4 Å². The van der Waals surface area contributed by atoms with E-state index in [1.807, 2.05) is 101 Å². The number of ether oxygens (including phenoxy) is 2. The van der Waals surface area contributed by atoms with E-state index in [9.17, 15) is 4.21 Å². The molecule has 0 saturated heterocycles. The van der Waals surface area contributed by atoms with Gasteiger partial charge >= 0.3 is 11.4 Å². The fourth-order valence-electron chi connectivity index (χ4n) is 5.83. The lowest BCUT2D eigenvalue weighted by Crippen LogP contribution is -2.59. The Morgan fingerprint density at radius 1 is 0.568 bits per heavy atom. The first-order chi connectivity index (χ1) is 20.5. The second-order valence-corrected chi connectivity index (χ2v) is 15.0. The largest absolute Gasteiger partial charge is 0.480 e. The highest BCUT2D eigenvalue weighted by molar-refractivity contribution is 7.75. The zero-order valence-corrected chi connectivity index (χ0v) is 28.9. The van der Waals surface area contributed by atoms with Gasteiger partial charge in [-0.15, -0.1) is 0 Å². The summed E-state index contributed by atoms with van der Waals surface area (Å²) in [4.78, 5) is 0. The summed E-state index contributed by atoms with van der Waals surface area (Å²) in [6.45, 7) is 21.0. The average molecular weight is 619 g/mol. The third-order valence-electron chi connectivity index (χ3n) is 9.05. The predicted molar refractivity (Wildman–Crippen MR) is 181 cm³/mol. The minimum Gasteiger partial charge on any atom is -0.480 e. The van der Waals surface area contributed by atoms with Gasteiger partial charge in [0.2, 0.25) is 0 Å². The fraction of sp³-hybridized carbons (Fsp3) is 0.474. The van der Waals surface area contributed by atoms with E-state index in [4.69, 9.17) is 17.8 Å². The molecule has 0 bridgehead atoms. The molecule has 6 heteroatoms. The standard InChI is InChI=1S/C38H50O5S/c1-11-37(27-15-13-25-35(37,9)40-31-21-17-29(18-22-31)33(3,4)5)42-44(39)43-38(12-2)28-16-14-26-36(38,10)41-32-23-19-30(20-24-32)34(6,7)8/h13-28H,11-12H2,1-10H3. The lowest BCUT2D eigenvalue weighted by Gasteiger charge is -2.47. The SMILES string of the molecule is CCC1(OS(=O)OC2(CC)C=CC=CC2(C)Oc2ccc(C(C)(C)C)cc2)C=CC=CC1(C)Oc1ccc(C(C)(C)C)cc1. The Labute approximate surface area is 267 Å². The minimum atomic E-state index is -2.16. The molecule has 0 spiro atoms. The zero-order valence-electron chi connectivity index (χ0n) is 28.1. The van der Waals surface area contributed by atoms with Crippen LogP contribution in [0, 0.1) is 0 Å². The van der Waals surface area contributed by atoms with Gasteiger partial charge in [0, 0.05) is 0 Å². The molecule has 238 valence electrons. The summed E-state index contributed by atoms with van der Waals surface area (Å²) in [5.41, 5.74) is -1.51. The molecule has 0 fully saturated rings. The smallest absolute Gasteiger partial charge is 0.306 e. The van der Waals surface area contributed by atoms with Crippen LogP contribution < -0.4 is 9.47 Å². The molecule has 0 N–H and O–H groups in total. The van der Waals surface area contributed by atoms with Crippen LogP contribution in [0.3, 0.4) is 0 Å². The van der Waals surface area contributed by atoms with Gasteiger partial charge < -0.3 is 9.47 Å². The topological polar surface area (TPSA) is 54.0 Å². The Bertz CT molecular complexity index is 1330. The molecule has 0 amide bonds. The molecule has 5 nitrogen and oxygen atoms in total. The molecule has 2 aliphatic rings. The van der Waals surface area contributed by atoms with Crippen molar-refractivity contribution in [2.24, 2.45) is 0 Å². The number of hydrogen-bond acceptors (Lipinski definition) is 5. The second-order valence-electron chi connectivity index (χ2n) is 14.3. The third kappa shape index (κ3) is 6.83. The first-order valence-corrected chi connectivity index (χ1v) is 16.6. The average Bonchev–Trinajstić information content (AvgIpc) is 2.95. The van der Waals surface area contributed by atoms with Crippen LogP contribution in [0.15, 0.2) is 97.1 Å². The molecule has 4 unspecified atom stereocenters. The molecule has 0 aromatic heterocycles. The van der Waals surface area contributed by atoms with E-state index < -0.39 is 33.8 Å². The summed E-state index contributed by atoms with van der Waals surface area (Å²) in [6.07, 6.45) is 16.4. The Balaban J connectivity index is 1.58. The predicted octanol–water partition coefficient (Wildman–Crippen LogP) is 9.42. The summed E-state index contributed by atoms with van der Waals surface area (Å²) in [5, 5.41) is 0. The molecule has 2 aromatic rings. The molecule has 4 atom stereocenters. The van der Waals surface area contributed by atoms with Gasteiger partial charge in [-0.05, 0) is 97.2 Å². The maximum atomic E-state index is 13.9. The monoisotopic (exact) mass is 618 g/mol. The van der Waals surface area contributed by atoms with Crippen LogP contribution in [-0.4, -0.2) is 26.6 Å². The summed E-state index contributed by atoms with van der Waals surface area (Å²) < 4.78 is 39.9. The van der Waals surface area contributed by atoms with Gasteiger partial charge in [0.15, 0.2) is 11.2 Å². The summed E-state index contributed by atoms with van der Waals surface area (Å²) >= 11 is -2.16.